The monoisotopic (exact) mass is 379 g/mol. The van der Waals surface area contributed by atoms with E-state index in [1.165, 1.54) is 23.5 Å². The van der Waals surface area contributed by atoms with Crippen LogP contribution in [-0.2, 0) is 16.4 Å². The van der Waals surface area contributed by atoms with E-state index < -0.39 is 10.0 Å². The molecule has 0 radical (unpaired) electrons. The average molecular weight is 379 g/mol. The van der Waals surface area contributed by atoms with E-state index in [0.717, 1.165) is 17.1 Å². The first-order chi connectivity index (χ1) is 11.8. The van der Waals surface area contributed by atoms with Crippen LogP contribution in [0.25, 0.3) is 4.96 Å². The second-order valence-electron chi connectivity index (χ2n) is 5.58. The van der Waals surface area contributed by atoms with E-state index in [2.05, 4.69) is 15.5 Å². The molecule has 8 nitrogen and oxygen atoms in total. The van der Waals surface area contributed by atoms with Gasteiger partial charge in [0.05, 0.1) is 4.90 Å². The minimum Gasteiger partial charge on any atom is -0.351 e. The summed E-state index contributed by atoms with van der Waals surface area (Å²) in [5.74, 6) is 0.589. The summed E-state index contributed by atoms with van der Waals surface area (Å²) >= 11 is 1.30. The molecule has 0 saturated carbocycles. The third kappa shape index (κ3) is 3.55. The Hall–Kier alpha value is -2.30. The Labute approximate surface area is 148 Å². The predicted molar refractivity (Wildman–Crippen MR) is 94.2 cm³/mol. The number of nitrogens with two attached hydrogens (primary N) is 1. The molecule has 0 spiro atoms. The van der Waals surface area contributed by atoms with Gasteiger partial charge in [-0.25, -0.2) is 13.6 Å². The molecule has 0 aliphatic carbocycles. The normalized spacial score (nSPS) is 11.8. The van der Waals surface area contributed by atoms with E-state index >= 15 is 0 Å². The molecule has 2 heterocycles. The largest absolute Gasteiger partial charge is 0.351 e. The number of benzene rings is 1. The molecule has 10 heteroatoms. The first-order valence-electron chi connectivity index (χ1n) is 7.48. The number of nitrogens with one attached hydrogen (secondary N) is 1. The van der Waals surface area contributed by atoms with E-state index in [4.69, 9.17) is 5.14 Å². The number of sulfonamides is 1. The van der Waals surface area contributed by atoms with Crippen molar-refractivity contribution in [3.8, 4) is 0 Å². The maximum atomic E-state index is 12.4. The quantitative estimate of drug-likeness (QED) is 0.686. The van der Waals surface area contributed by atoms with Gasteiger partial charge in [-0.15, -0.1) is 10.2 Å². The highest BCUT2D eigenvalue weighted by molar-refractivity contribution is 7.89. The molecule has 3 N–H and O–H groups in total. The highest BCUT2D eigenvalue weighted by Gasteiger charge is 2.18. The van der Waals surface area contributed by atoms with E-state index in [9.17, 15) is 13.2 Å². The summed E-state index contributed by atoms with van der Waals surface area (Å²) in [5, 5.41) is 15.9. The van der Waals surface area contributed by atoms with Crippen LogP contribution in [0.3, 0.4) is 0 Å². The van der Waals surface area contributed by atoms with Crippen LogP contribution in [-0.4, -0.2) is 35.5 Å². The summed E-state index contributed by atoms with van der Waals surface area (Å²) < 4.78 is 24.3. The number of hydrogen-bond donors (Lipinski definition) is 2. The number of carbonyl (C=O) groups excluding carboxylic acids is 1. The number of aromatic nitrogens is 3. The lowest BCUT2D eigenvalue weighted by Gasteiger charge is -2.06. The molecule has 1 aromatic carbocycles. The highest BCUT2D eigenvalue weighted by Crippen LogP contribution is 2.22. The van der Waals surface area contributed by atoms with Crippen molar-refractivity contribution in [3.05, 3.63) is 46.2 Å². The third-order valence-electron chi connectivity index (χ3n) is 3.81. The molecule has 3 aromatic rings. The number of fused-ring (bicyclic) bond motifs is 1. The second kappa shape index (κ2) is 6.54. The Morgan fingerprint density at radius 2 is 1.92 bits per heavy atom. The number of primary sulfonamides is 1. The van der Waals surface area contributed by atoms with Gasteiger partial charge in [-0.3, -0.25) is 9.20 Å². The van der Waals surface area contributed by atoms with Crippen molar-refractivity contribution in [3.63, 3.8) is 0 Å². The van der Waals surface area contributed by atoms with Crippen LogP contribution in [0, 0.1) is 13.8 Å². The van der Waals surface area contributed by atoms with Gasteiger partial charge in [0.25, 0.3) is 5.91 Å². The zero-order valence-electron chi connectivity index (χ0n) is 13.7. The predicted octanol–water partition coefficient (Wildman–Crippen LogP) is 1.03. The number of amides is 1. The van der Waals surface area contributed by atoms with Crippen molar-refractivity contribution in [2.24, 2.45) is 5.14 Å². The van der Waals surface area contributed by atoms with Gasteiger partial charge < -0.3 is 5.32 Å². The Balaban J connectivity index is 1.63. The third-order valence-corrected chi connectivity index (χ3v) is 5.87. The molecular weight excluding hydrogens is 362 g/mol. The van der Waals surface area contributed by atoms with E-state index in [1.54, 1.807) is 12.1 Å². The summed E-state index contributed by atoms with van der Waals surface area (Å²) in [6.07, 6.45) is 0.582. The van der Waals surface area contributed by atoms with Gasteiger partial charge >= 0.3 is 0 Å². The zero-order valence-corrected chi connectivity index (χ0v) is 15.3. The first kappa shape index (κ1) is 17.5. The number of nitrogens with zero attached hydrogens (tertiary/aromatic N) is 3. The van der Waals surface area contributed by atoms with Crippen molar-refractivity contribution in [1.82, 2.24) is 19.9 Å². The van der Waals surface area contributed by atoms with E-state index in [0.29, 0.717) is 22.8 Å². The molecule has 0 atom stereocenters. The van der Waals surface area contributed by atoms with Gasteiger partial charge in [0.2, 0.25) is 15.0 Å². The number of hydrogen-bond acceptors (Lipinski definition) is 6. The molecule has 2 aromatic heterocycles. The summed E-state index contributed by atoms with van der Waals surface area (Å²) in [6, 6.07) is 6.29. The Bertz CT molecular complexity index is 1040. The van der Waals surface area contributed by atoms with Gasteiger partial charge in [-0.1, -0.05) is 23.5 Å². The van der Waals surface area contributed by atoms with Crippen LogP contribution in [0.15, 0.2) is 29.2 Å². The topological polar surface area (TPSA) is 119 Å². The molecule has 0 aliphatic heterocycles. The fourth-order valence-electron chi connectivity index (χ4n) is 2.52. The van der Waals surface area contributed by atoms with Gasteiger partial charge in [-0.05, 0) is 38.0 Å². The molecule has 0 bridgehead atoms. The van der Waals surface area contributed by atoms with Crippen LogP contribution < -0.4 is 10.5 Å². The van der Waals surface area contributed by atoms with Crippen molar-refractivity contribution in [1.29, 1.82) is 0 Å². The van der Waals surface area contributed by atoms with Gasteiger partial charge in [-0.2, -0.15) is 0 Å². The molecular formula is C15H17N5O3S2. The lowest BCUT2D eigenvalue weighted by Crippen LogP contribution is -2.25. The SMILES string of the molecule is Cc1nnc2sc(C(=O)NCCc3ccc(S(N)(=O)=O)cc3)c(C)n12. The molecule has 132 valence electrons. The number of carbonyl (C=O) groups is 1. The number of thiazole rings is 1. The fraction of sp³-hybridized carbons (Fsp3) is 0.267. The van der Waals surface area contributed by atoms with Gasteiger partial charge in [0.15, 0.2) is 0 Å². The standard InChI is InChI=1S/C15H17N5O3S2/c1-9-13(24-15-19-18-10(2)20(9)15)14(21)17-8-7-11-3-5-12(6-4-11)25(16,22)23/h3-6H,7-8H2,1-2H3,(H,17,21)(H2,16,22,23). The Kier molecular flexibility index (Phi) is 4.58. The summed E-state index contributed by atoms with van der Waals surface area (Å²) in [5.41, 5.74) is 1.72. The molecule has 1 amide bonds. The van der Waals surface area contributed by atoms with Gasteiger partial charge in [0, 0.05) is 12.2 Å². The lowest BCUT2D eigenvalue weighted by atomic mass is 10.1. The van der Waals surface area contributed by atoms with Crippen molar-refractivity contribution in [2.45, 2.75) is 25.2 Å². The van der Waals surface area contributed by atoms with Crippen LogP contribution >= 0.6 is 11.3 Å². The van der Waals surface area contributed by atoms with Crippen molar-refractivity contribution < 1.29 is 13.2 Å². The number of rotatable bonds is 5. The second-order valence-corrected chi connectivity index (χ2v) is 8.12. The van der Waals surface area contributed by atoms with Crippen LogP contribution in [0.2, 0.25) is 0 Å². The average Bonchev–Trinajstić information content (AvgIpc) is 3.08. The Morgan fingerprint density at radius 3 is 2.52 bits per heavy atom. The van der Waals surface area contributed by atoms with Crippen molar-refractivity contribution >= 4 is 32.2 Å². The molecule has 3 rings (SSSR count). The minimum atomic E-state index is -3.69. The van der Waals surface area contributed by atoms with Gasteiger partial charge in [0.1, 0.15) is 10.7 Å². The minimum absolute atomic E-state index is 0.0711. The maximum Gasteiger partial charge on any atom is 0.263 e. The van der Waals surface area contributed by atoms with E-state index in [1.807, 2.05) is 18.2 Å². The Morgan fingerprint density at radius 1 is 1.24 bits per heavy atom. The smallest absolute Gasteiger partial charge is 0.263 e. The molecule has 0 saturated heterocycles. The molecule has 0 aliphatic rings. The molecule has 25 heavy (non-hydrogen) atoms. The maximum absolute atomic E-state index is 12.4. The van der Waals surface area contributed by atoms with E-state index in [-0.39, 0.29) is 10.8 Å². The fourth-order valence-corrected chi connectivity index (χ4v) is 4.06. The van der Waals surface area contributed by atoms with Crippen LogP contribution in [0.5, 0.6) is 0 Å². The first-order valence-corrected chi connectivity index (χ1v) is 9.84. The zero-order chi connectivity index (χ0) is 18.2. The van der Waals surface area contributed by atoms with Crippen LogP contribution in [0.1, 0.15) is 26.8 Å². The summed E-state index contributed by atoms with van der Waals surface area (Å²) in [6.45, 7) is 4.14. The lowest BCUT2D eigenvalue weighted by molar-refractivity contribution is 0.0957. The highest BCUT2D eigenvalue weighted by atomic mass is 32.2. The number of aryl methyl sites for hydroxylation is 2. The summed E-state index contributed by atoms with van der Waals surface area (Å²) in [4.78, 5) is 13.7. The molecule has 0 fully saturated rings. The summed E-state index contributed by atoms with van der Waals surface area (Å²) in [7, 11) is -3.69. The van der Waals surface area contributed by atoms with Crippen LogP contribution in [0.4, 0.5) is 0 Å². The van der Waals surface area contributed by atoms with Crippen molar-refractivity contribution in [2.75, 3.05) is 6.54 Å². The molecule has 0 unspecified atom stereocenters.